The number of nitrogens with one attached hydrogen (secondary N) is 1. The van der Waals surface area contributed by atoms with E-state index in [0.29, 0.717) is 6.04 Å². The Morgan fingerprint density at radius 2 is 2.16 bits per heavy atom. The molecule has 19 heavy (non-hydrogen) atoms. The predicted octanol–water partition coefficient (Wildman–Crippen LogP) is 2.06. The van der Waals surface area contributed by atoms with Crippen molar-refractivity contribution < 1.29 is 0 Å². The predicted molar refractivity (Wildman–Crippen MR) is 77.0 cm³/mol. The van der Waals surface area contributed by atoms with Gasteiger partial charge in [-0.15, -0.1) is 0 Å². The zero-order chi connectivity index (χ0) is 13.5. The molecule has 0 saturated heterocycles. The van der Waals surface area contributed by atoms with E-state index >= 15 is 0 Å². The fourth-order valence-corrected chi connectivity index (χ4v) is 2.25. The van der Waals surface area contributed by atoms with Crippen molar-refractivity contribution in [3.8, 4) is 0 Å². The Labute approximate surface area is 114 Å². The van der Waals surface area contributed by atoms with Crippen molar-refractivity contribution in [3.63, 3.8) is 0 Å². The third kappa shape index (κ3) is 3.89. The van der Waals surface area contributed by atoms with Gasteiger partial charge >= 0.3 is 0 Å². The maximum atomic E-state index is 4.44. The molecule has 0 bridgehead atoms. The molecule has 102 valence electrons. The van der Waals surface area contributed by atoms with Gasteiger partial charge in [0.2, 0.25) is 0 Å². The molecule has 0 aliphatic heterocycles. The van der Waals surface area contributed by atoms with Gasteiger partial charge in [-0.05, 0) is 38.9 Å². The Hall–Kier alpha value is -1.68. The lowest BCUT2D eigenvalue weighted by Gasteiger charge is -2.16. The molecule has 0 amide bonds. The fourth-order valence-electron chi connectivity index (χ4n) is 2.25. The van der Waals surface area contributed by atoms with Gasteiger partial charge in [0, 0.05) is 43.3 Å². The number of hydrogen-bond acceptors (Lipinski definition) is 3. The Bertz CT molecular complexity index is 478. The smallest absolute Gasteiger partial charge is 0.110 e. The summed E-state index contributed by atoms with van der Waals surface area (Å²) in [5.41, 5.74) is 1.15. The number of aromatic nitrogens is 3. The lowest BCUT2D eigenvalue weighted by molar-refractivity contribution is 0.495. The van der Waals surface area contributed by atoms with Crippen LogP contribution in [0, 0.1) is 0 Å². The summed E-state index contributed by atoms with van der Waals surface area (Å²) in [6, 6.07) is 6.52. The van der Waals surface area contributed by atoms with E-state index in [2.05, 4.69) is 32.8 Å². The summed E-state index contributed by atoms with van der Waals surface area (Å²) in [5.74, 6) is 1.16. The molecule has 1 N–H and O–H groups in total. The van der Waals surface area contributed by atoms with Crippen LogP contribution in [0.4, 0.5) is 0 Å². The molecular formula is C15H22N4. The summed E-state index contributed by atoms with van der Waals surface area (Å²) in [5, 5.41) is 3.38. The summed E-state index contributed by atoms with van der Waals surface area (Å²) >= 11 is 0. The molecule has 0 aliphatic carbocycles. The maximum Gasteiger partial charge on any atom is 0.110 e. The molecule has 0 aromatic carbocycles. The van der Waals surface area contributed by atoms with Crippen molar-refractivity contribution in [2.24, 2.45) is 0 Å². The largest absolute Gasteiger partial charge is 0.335 e. The molecule has 0 saturated carbocycles. The first-order valence-electron chi connectivity index (χ1n) is 6.90. The Kier molecular flexibility index (Phi) is 5.10. The second-order valence-corrected chi connectivity index (χ2v) is 4.68. The van der Waals surface area contributed by atoms with Gasteiger partial charge in [0.05, 0.1) is 0 Å². The third-order valence-corrected chi connectivity index (χ3v) is 3.45. The van der Waals surface area contributed by atoms with Gasteiger partial charge in [0.15, 0.2) is 0 Å². The summed E-state index contributed by atoms with van der Waals surface area (Å²) < 4.78 is 2.20. The highest BCUT2D eigenvalue weighted by Gasteiger charge is 2.11. The Morgan fingerprint density at radius 3 is 2.84 bits per heavy atom. The second-order valence-electron chi connectivity index (χ2n) is 4.68. The van der Waals surface area contributed by atoms with E-state index in [0.717, 1.165) is 37.3 Å². The van der Waals surface area contributed by atoms with Crippen LogP contribution in [0.2, 0.25) is 0 Å². The highest BCUT2D eigenvalue weighted by molar-refractivity contribution is 5.04. The molecule has 2 rings (SSSR count). The van der Waals surface area contributed by atoms with Crippen LogP contribution in [0.25, 0.3) is 0 Å². The van der Waals surface area contributed by atoms with Crippen molar-refractivity contribution in [1.29, 1.82) is 0 Å². The molecule has 1 unspecified atom stereocenters. The molecule has 2 aromatic rings. The van der Waals surface area contributed by atoms with E-state index in [1.165, 1.54) is 0 Å². The number of nitrogens with zero attached hydrogens (tertiary/aromatic N) is 3. The summed E-state index contributed by atoms with van der Waals surface area (Å²) in [6.07, 6.45) is 8.81. The number of rotatable bonds is 7. The molecule has 0 aliphatic rings. The molecule has 0 spiro atoms. The van der Waals surface area contributed by atoms with Gasteiger partial charge in [-0.25, -0.2) is 4.98 Å². The van der Waals surface area contributed by atoms with Crippen LogP contribution in [-0.4, -0.2) is 27.6 Å². The first-order chi connectivity index (χ1) is 9.33. The average molecular weight is 258 g/mol. The number of imidazole rings is 1. The van der Waals surface area contributed by atoms with Gasteiger partial charge in [0.25, 0.3) is 0 Å². The first-order valence-corrected chi connectivity index (χ1v) is 6.90. The van der Waals surface area contributed by atoms with Gasteiger partial charge in [-0.2, -0.15) is 0 Å². The van der Waals surface area contributed by atoms with Crippen molar-refractivity contribution >= 4 is 0 Å². The van der Waals surface area contributed by atoms with Crippen LogP contribution in [0.1, 0.15) is 24.9 Å². The lowest BCUT2D eigenvalue weighted by atomic mass is 10.1. The number of pyridine rings is 1. The molecule has 2 aromatic heterocycles. The Morgan fingerprint density at radius 1 is 1.26 bits per heavy atom. The van der Waals surface area contributed by atoms with E-state index in [1.54, 1.807) is 0 Å². The third-order valence-electron chi connectivity index (χ3n) is 3.45. The van der Waals surface area contributed by atoms with E-state index < -0.39 is 0 Å². The summed E-state index contributed by atoms with van der Waals surface area (Å²) in [4.78, 5) is 8.80. The molecule has 1 atom stereocenters. The highest BCUT2D eigenvalue weighted by Crippen LogP contribution is 2.08. The van der Waals surface area contributed by atoms with Gasteiger partial charge in [-0.3, -0.25) is 4.98 Å². The van der Waals surface area contributed by atoms with Gasteiger partial charge in [0.1, 0.15) is 5.82 Å². The van der Waals surface area contributed by atoms with Gasteiger partial charge in [-0.1, -0.05) is 6.07 Å². The van der Waals surface area contributed by atoms with E-state index in [-0.39, 0.29) is 0 Å². The summed E-state index contributed by atoms with van der Waals surface area (Å²) in [6.45, 7) is 3.12. The summed E-state index contributed by atoms with van der Waals surface area (Å²) in [7, 11) is 2.02. The monoisotopic (exact) mass is 258 g/mol. The standard InChI is InChI=1S/C15H22N4/c1-3-19-11-10-18-15(19)12-14(16-2)8-7-13-6-4-5-9-17-13/h4-6,9-11,14,16H,3,7-8,12H2,1-2H3. The van der Waals surface area contributed by atoms with Crippen molar-refractivity contribution in [3.05, 3.63) is 48.3 Å². The quantitative estimate of drug-likeness (QED) is 0.826. The normalized spacial score (nSPS) is 12.5. The van der Waals surface area contributed by atoms with Crippen LogP contribution in [0.15, 0.2) is 36.8 Å². The van der Waals surface area contributed by atoms with E-state index in [1.807, 2.05) is 37.8 Å². The van der Waals surface area contributed by atoms with Crippen LogP contribution in [0.3, 0.4) is 0 Å². The number of aryl methyl sites for hydroxylation is 2. The maximum absolute atomic E-state index is 4.44. The zero-order valence-corrected chi connectivity index (χ0v) is 11.7. The highest BCUT2D eigenvalue weighted by atomic mass is 15.1. The molecular weight excluding hydrogens is 236 g/mol. The molecule has 2 heterocycles. The number of likely N-dealkylation sites (N-methyl/N-ethyl adjacent to an activating group) is 1. The van der Waals surface area contributed by atoms with E-state index in [4.69, 9.17) is 0 Å². The SMILES string of the molecule is CCn1ccnc1CC(CCc1ccccn1)NC. The topological polar surface area (TPSA) is 42.7 Å². The van der Waals surface area contributed by atoms with Crippen LogP contribution < -0.4 is 5.32 Å². The van der Waals surface area contributed by atoms with Crippen molar-refractivity contribution in [1.82, 2.24) is 19.9 Å². The van der Waals surface area contributed by atoms with Crippen molar-refractivity contribution in [2.45, 2.75) is 38.8 Å². The minimum absolute atomic E-state index is 0.440. The lowest BCUT2D eigenvalue weighted by Crippen LogP contribution is -2.29. The fraction of sp³-hybridized carbons (Fsp3) is 0.467. The van der Waals surface area contributed by atoms with Crippen LogP contribution in [-0.2, 0) is 19.4 Å². The van der Waals surface area contributed by atoms with Crippen LogP contribution in [0.5, 0.6) is 0 Å². The molecule has 0 radical (unpaired) electrons. The van der Waals surface area contributed by atoms with Crippen LogP contribution >= 0.6 is 0 Å². The number of hydrogen-bond donors (Lipinski definition) is 1. The first kappa shape index (κ1) is 13.7. The van der Waals surface area contributed by atoms with E-state index in [9.17, 15) is 0 Å². The average Bonchev–Trinajstić information content (AvgIpc) is 2.91. The molecule has 0 fully saturated rings. The molecule has 4 nitrogen and oxygen atoms in total. The minimum atomic E-state index is 0.440. The zero-order valence-electron chi connectivity index (χ0n) is 11.7. The van der Waals surface area contributed by atoms with Gasteiger partial charge < -0.3 is 9.88 Å². The second kappa shape index (κ2) is 7.04. The molecule has 4 heteroatoms. The van der Waals surface area contributed by atoms with Crippen molar-refractivity contribution in [2.75, 3.05) is 7.05 Å². The minimum Gasteiger partial charge on any atom is -0.335 e. The Balaban J connectivity index is 1.90.